The molecule has 0 amide bonds. The summed E-state index contributed by atoms with van der Waals surface area (Å²) in [7, 11) is 2.01. The standard InChI is InChI=1S/C8H14N3O2P/c1-4-10-7(12)5-6(9-2)11(14-3)8(10)13/h5,9,14H,4H2,1-3H3. The first-order valence-corrected chi connectivity index (χ1v) is 5.82. The van der Waals surface area contributed by atoms with E-state index < -0.39 is 0 Å². The predicted molar refractivity (Wildman–Crippen MR) is 59.8 cm³/mol. The number of rotatable bonds is 3. The Kier molecular flexibility index (Phi) is 3.47. The molecule has 0 aromatic carbocycles. The van der Waals surface area contributed by atoms with Crippen molar-refractivity contribution in [3.05, 3.63) is 26.9 Å². The third-order valence-corrected chi connectivity index (χ3v) is 2.86. The summed E-state index contributed by atoms with van der Waals surface area (Å²) in [5.41, 5.74) is -0.499. The molecule has 0 saturated carbocycles. The van der Waals surface area contributed by atoms with Gasteiger partial charge in [-0.25, -0.2) is 4.79 Å². The van der Waals surface area contributed by atoms with Crippen molar-refractivity contribution in [3.63, 3.8) is 0 Å². The molecule has 0 fully saturated rings. The molecule has 14 heavy (non-hydrogen) atoms. The van der Waals surface area contributed by atoms with Crippen molar-refractivity contribution < 1.29 is 0 Å². The van der Waals surface area contributed by atoms with Crippen LogP contribution in [-0.4, -0.2) is 22.6 Å². The van der Waals surface area contributed by atoms with Crippen molar-refractivity contribution >= 4 is 14.5 Å². The van der Waals surface area contributed by atoms with E-state index in [1.165, 1.54) is 10.6 Å². The lowest BCUT2D eigenvalue weighted by Crippen LogP contribution is -2.37. The lowest BCUT2D eigenvalue weighted by molar-refractivity contribution is 0.665. The van der Waals surface area contributed by atoms with Crippen LogP contribution in [0.5, 0.6) is 0 Å². The summed E-state index contributed by atoms with van der Waals surface area (Å²) >= 11 is 0. The van der Waals surface area contributed by atoms with E-state index in [1.807, 2.05) is 6.66 Å². The monoisotopic (exact) mass is 215 g/mol. The van der Waals surface area contributed by atoms with Crippen LogP contribution in [0.3, 0.4) is 0 Å². The van der Waals surface area contributed by atoms with Crippen LogP contribution in [0.25, 0.3) is 0 Å². The van der Waals surface area contributed by atoms with Gasteiger partial charge in [-0.05, 0) is 22.3 Å². The molecule has 5 nitrogen and oxygen atoms in total. The summed E-state index contributed by atoms with van der Waals surface area (Å²) in [6, 6.07) is 1.45. The van der Waals surface area contributed by atoms with Crippen LogP contribution in [0, 0.1) is 0 Å². The van der Waals surface area contributed by atoms with Crippen LogP contribution in [0.1, 0.15) is 6.92 Å². The maximum atomic E-state index is 11.7. The first kappa shape index (κ1) is 11.0. The van der Waals surface area contributed by atoms with E-state index in [9.17, 15) is 9.59 Å². The van der Waals surface area contributed by atoms with Gasteiger partial charge in [0.05, 0.1) is 0 Å². The minimum atomic E-state index is -0.253. The van der Waals surface area contributed by atoms with Gasteiger partial charge in [0, 0.05) is 19.7 Å². The molecule has 6 heteroatoms. The number of hydrogen-bond acceptors (Lipinski definition) is 3. The van der Waals surface area contributed by atoms with Crippen LogP contribution in [-0.2, 0) is 6.54 Å². The molecule has 1 aromatic heterocycles. The molecule has 0 spiro atoms. The molecule has 0 saturated heterocycles. The Morgan fingerprint density at radius 2 is 2.14 bits per heavy atom. The molecule has 0 aliphatic heterocycles. The second-order valence-corrected chi connectivity index (χ2v) is 3.60. The number of anilines is 1. The second kappa shape index (κ2) is 4.42. The molecular formula is C8H14N3O2P. The molecule has 1 atom stereocenters. The van der Waals surface area contributed by atoms with E-state index in [1.54, 1.807) is 18.3 Å². The molecule has 1 N–H and O–H groups in total. The maximum Gasteiger partial charge on any atom is 0.335 e. The van der Waals surface area contributed by atoms with E-state index in [-0.39, 0.29) is 11.2 Å². The van der Waals surface area contributed by atoms with Crippen molar-refractivity contribution in [2.24, 2.45) is 0 Å². The van der Waals surface area contributed by atoms with E-state index in [2.05, 4.69) is 5.32 Å². The lowest BCUT2D eigenvalue weighted by Gasteiger charge is -2.11. The van der Waals surface area contributed by atoms with E-state index in [4.69, 9.17) is 0 Å². The van der Waals surface area contributed by atoms with Gasteiger partial charge in [-0.3, -0.25) is 13.7 Å². The van der Waals surface area contributed by atoms with Crippen LogP contribution in [0.2, 0.25) is 0 Å². The summed E-state index contributed by atoms with van der Waals surface area (Å²) < 4.78 is 2.78. The van der Waals surface area contributed by atoms with Crippen LogP contribution in [0.15, 0.2) is 15.7 Å². The first-order chi connectivity index (χ1) is 6.65. The van der Waals surface area contributed by atoms with Crippen molar-refractivity contribution in [3.8, 4) is 0 Å². The van der Waals surface area contributed by atoms with E-state index >= 15 is 0 Å². The highest BCUT2D eigenvalue weighted by Crippen LogP contribution is 2.11. The SMILES string of the molecule is CCn1c(=O)cc(NC)n(PC)c1=O. The summed E-state index contributed by atoms with van der Waals surface area (Å²) in [4.78, 5) is 23.2. The van der Waals surface area contributed by atoms with Crippen molar-refractivity contribution in [1.82, 2.24) is 8.90 Å². The molecule has 1 aromatic rings. The molecule has 0 aliphatic carbocycles. The number of nitrogens with one attached hydrogen (secondary N) is 1. The molecule has 78 valence electrons. The van der Waals surface area contributed by atoms with Crippen LogP contribution < -0.4 is 16.6 Å². The minimum absolute atomic E-state index is 0.245. The zero-order valence-electron chi connectivity index (χ0n) is 8.50. The van der Waals surface area contributed by atoms with Gasteiger partial charge in [-0.1, -0.05) is 0 Å². The molecule has 0 aliphatic rings. The van der Waals surface area contributed by atoms with Gasteiger partial charge >= 0.3 is 5.69 Å². The second-order valence-electron chi connectivity index (χ2n) is 2.70. The molecule has 1 unspecified atom stereocenters. The number of nitrogens with zero attached hydrogens (tertiary/aromatic N) is 2. The quantitative estimate of drug-likeness (QED) is 0.730. The Balaban J connectivity index is 3.56. The predicted octanol–water partition coefficient (Wildman–Crippen LogP) is 0.143. The van der Waals surface area contributed by atoms with Gasteiger partial charge in [0.25, 0.3) is 5.56 Å². The highest BCUT2D eigenvalue weighted by molar-refractivity contribution is 7.35. The fourth-order valence-corrected chi connectivity index (χ4v) is 2.00. The maximum absolute atomic E-state index is 11.7. The lowest BCUT2D eigenvalue weighted by atomic mass is 10.5. The van der Waals surface area contributed by atoms with Gasteiger partial charge in [-0.2, -0.15) is 0 Å². The average Bonchev–Trinajstić information content (AvgIpc) is 2.17. The third-order valence-electron chi connectivity index (χ3n) is 1.99. The molecule has 0 radical (unpaired) electrons. The van der Waals surface area contributed by atoms with Crippen molar-refractivity contribution in [1.29, 1.82) is 0 Å². The molecule has 1 heterocycles. The minimum Gasteiger partial charge on any atom is -0.374 e. The highest BCUT2D eigenvalue weighted by atomic mass is 31.1. The molecule has 0 bridgehead atoms. The fraction of sp³-hybridized carbons (Fsp3) is 0.500. The van der Waals surface area contributed by atoms with Gasteiger partial charge in [-0.15, -0.1) is 0 Å². The summed E-state index contributed by atoms with van der Waals surface area (Å²) in [5.74, 6) is 0.575. The topological polar surface area (TPSA) is 56.0 Å². The van der Waals surface area contributed by atoms with E-state index in [0.29, 0.717) is 21.1 Å². The Morgan fingerprint density at radius 1 is 1.50 bits per heavy atom. The van der Waals surface area contributed by atoms with Crippen molar-refractivity contribution in [2.45, 2.75) is 13.5 Å². The Bertz CT molecular complexity index is 435. The number of aromatic nitrogens is 2. The van der Waals surface area contributed by atoms with Crippen molar-refractivity contribution in [2.75, 3.05) is 19.0 Å². The van der Waals surface area contributed by atoms with Gasteiger partial charge in [0.2, 0.25) is 0 Å². The molecule has 1 rings (SSSR count). The largest absolute Gasteiger partial charge is 0.374 e. The van der Waals surface area contributed by atoms with Gasteiger partial charge < -0.3 is 5.32 Å². The van der Waals surface area contributed by atoms with Gasteiger partial charge in [0.15, 0.2) is 0 Å². The average molecular weight is 215 g/mol. The smallest absolute Gasteiger partial charge is 0.335 e. The van der Waals surface area contributed by atoms with Crippen LogP contribution >= 0.6 is 8.73 Å². The van der Waals surface area contributed by atoms with Gasteiger partial charge in [0.1, 0.15) is 5.82 Å². The molecular weight excluding hydrogens is 201 g/mol. The van der Waals surface area contributed by atoms with E-state index in [0.717, 1.165) is 0 Å². The Hall–Kier alpha value is -1.09. The fourth-order valence-electron chi connectivity index (χ4n) is 1.27. The summed E-state index contributed by atoms with van der Waals surface area (Å²) in [5, 5.41) is 2.84. The summed E-state index contributed by atoms with van der Waals surface area (Å²) in [6.07, 6.45) is 0. The zero-order chi connectivity index (χ0) is 10.7. The number of hydrogen-bond donors (Lipinski definition) is 1. The van der Waals surface area contributed by atoms with Crippen LogP contribution in [0.4, 0.5) is 5.82 Å². The first-order valence-electron chi connectivity index (χ1n) is 4.38. The third kappa shape index (κ3) is 1.73. The highest BCUT2D eigenvalue weighted by Gasteiger charge is 2.07. The Morgan fingerprint density at radius 3 is 2.57 bits per heavy atom. The Labute approximate surface area is 83.6 Å². The normalized spacial score (nSPS) is 11.1. The summed E-state index contributed by atoms with van der Waals surface area (Å²) in [6.45, 7) is 4.09. The zero-order valence-corrected chi connectivity index (χ0v) is 9.50.